The number of hydrogen-bond donors (Lipinski definition) is 2. The molecule has 0 radical (unpaired) electrons. The Morgan fingerprint density at radius 1 is 1.39 bits per heavy atom. The van der Waals surface area contributed by atoms with Crippen molar-refractivity contribution in [2.45, 2.75) is 40.0 Å². The number of primary amides is 1. The van der Waals surface area contributed by atoms with E-state index < -0.39 is 6.09 Å². The molecule has 104 valence electrons. The van der Waals surface area contributed by atoms with Crippen molar-refractivity contribution in [2.24, 2.45) is 23.0 Å². The van der Waals surface area contributed by atoms with E-state index in [0.717, 1.165) is 12.8 Å². The molecule has 0 spiro atoms. The van der Waals surface area contributed by atoms with Gasteiger partial charge in [0, 0.05) is 5.92 Å². The molecular weight excluding hydrogens is 232 g/mol. The van der Waals surface area contributed by atoms with E-state index >= 15 is 0 Å². The van der Waals surface area contributed by atoms with Gasteiger partial charge in [-0.1, -0.05) is 20.8 Å². The molecule has 18 heavy (non-hydrogen) atoms. The van der Waals surface area contributed by atoms with Crippen LogP contribution in [0.5, 0.6) is 0 Å². The van der Waals surface area contributed by atoms with Crippen LogP contribution in [0.2, 0.25) is 0 Å². The van der Waals surface area contributed by atoms with Gasteiger partial charge in [-0.25, -0.2) is 4.79 Å². The van der Waals surface area contributed by atoms with Crippen LogP contribution in [0.15, 0.2) is 0 Å². The largest absolute Gasteiger partial charge is 0.448 e. The highest BCUT2D eigenvalue weighted by Crippen LogP contribution is 2.41. The zero-order valence-corrected chi connectivity index (χ0v) is 11.5. The van der Waals surface area contributed by atoms with Crippen LogP contribution in [0.4, 0.5) is 4.79 Å². The molecule has 1 aliphatic rings. The fourth-order valence-electron chi connectivity index (χ4n) is 3.02. The lowest BCUT2D eigenvalue weighted by Crippen LogP contribution is -2.39. The van der Waals surface area contributed by atoms with Crippen LogP contribution >= 0.6 is 0 Å². The summed E-state index contributed by atoms with van der Waals surface area (Å²) >= 11 is 0. The van der Waals surface area contributed by atoms with Gasteiger partial charge in [0.05, 0.1) is 6.54 Å². The number of carbonyl (C=O) groups excluding carboxylic acids is 2. The molecule has 2 atom stereocenters. The van der Waals surface area contributed by atoms with Gasteiger partial charge in [-0.2, -0.15) is 0 Å². The highest BCUT2D eigenvalue weighted by atomic mass is 16.5. The molecule has 3 N–H and O–H groups in total. The lowest BCUT2D eigenvalue weighted by Gasteiger charge is -2.38. The summed E-state index contributed by atoms with van der Waals surface area (Å²) in [7, 11) is 0. The summed E-state index contributed by atoms with van der Waals surface area (Å²) in [5.41, 5.74) is 5.06. The Labute approximate surface area is 108 Å². The topological polar surface area (TPSA) is 81.4 Å². The first-order chi connectivity index (χ1) is 8.30. The third-order valence-electron chi connectivity index (χ3n) is 3.40. The summed E-state index contributed by atoms with van der Waals surface area (Å²) in [6, 6.07) is 0. The molecular formula is C13H24N2O3. The number of amides is 2. The van der Waals surface area contributed by atoms with Crippen molar-refractivity contribution in [3.63, 3.8) is 0 Å². The van der Waals surface area contributed by atoms with Crippen LogP contribution in [0.25, 0.3) is 0 Å². The zero-order valence-electron chi connectivity index (χ0n) is 11.5. The summed E-state index contributed by atoms with van der Waals surface area (Å²) in [4.78, 5) is 22.4. The number of ether oxygens (including phenoxy) is 1. The Morgan fingerprint density at radius 2 is 2.06 bits per heavy atom. The number of nitrogens with two attached hydrogens (primary N) is 1. The van der Waals surface area contributed by atoms with Gasteiger partial charge in [0.15, 0.2) is 0 Å². The van der Waals surface area contributed by atoms with Crippen LogP contribution in [0.3, 0.4) is 0 Å². The van der Waals surface area contributed by atoms with Crippen LogP contribution in [-0.4, -0.2) is 25.2 Å². The summed E-state index contributed by atoms with van der Waals surface area (Å²) in [6.07, 6.45) is 2.21. The first-order valence-corrected chi connectivity index (χ1v) is 6.50. The minimum atomic E-state index is -0.809. The van der Waals surface area contributed by atoms with E-state index in [9.17, 15) is 9.59 Å². The average molecular weight is 256 g/mol. The number of carbonyl (C=O) groups is 2. The molecule has 2 amide bonds. The molecule has 0 bridgehead atoms. The molecule has 0 aromatic carbocycles. The van der Waals surface area contributed by atoms with Crippen LogP contribution in [0.1, 0.15) is 40.0 Å². The predicted octanol–water partition coefficient (Wildman–Crippen LogP) is 1.66. The van der Waals surface area contributed by atoms with E-state index in [0.29, 0.717) is 12.5 Å². The monoisotopic (exact) mass is 256 g/mol. The molecule has 2 unspecified atom stereocenters. The first kappa shape index (κ1) is 14.8. The average Bonchev–Trinajstić information content (AvgIpc) is 2.20. The number of hydrogen-bond acceptors (Lipinski definition) is 3. The van der Waals surface area contributed by atoms with Gasteiger partial charge in [0.1, 0.15) is 6.61 Å². The van der Waals surface area contributed by atoms with Crippen molar-refractivity contribution in [1.82, 2.24) is 5.32 Å². The minimum Gasteiger partial charge on any atom is -0.448 e. The van der Waals surface area contributed by atoms with Crippen LogP contribution < -0.4 is 11.1 Å². The molecule has 5 nitrogen and oxygen atoms in total. The summed E-state index contributed by atoms with van der Waals surface area (Å²) in [6.45, 7) is 7.06. The maximum Gasteiger partial charge on any atom is 0.404 e. The number of nitrogens with one attached hydrogen (secondary N) is 1. The van der Waals surface area contributed by atoms with Crippen molar-refractivity contribution in [2.75, 3.05) is 13.2 Å². The van der Waals surface area contributed by atoms with E-state index in [1.54, 1.807) is 0 Å². The molecule has 0 aliphatic heterocycles. The number of rotatable bonds is 4. The molecule has 0 heterocycles. The molecule has 0 saturated heterocycles. The molecule has 1 fully saturated rings. The smallest absolute Gasteiger partial charge is 0.404 e. The Bertz CT molecular complexity index is 315. The first-order valence-electron chi connectivity index (χ1n) is 6.50. The highest BCUT2D eigenvalue weighted by Gasteiger charge is 2.35. The van der Waals surface area contributed by atoms with Gasteiger partial charge >= 0.3 is 6.09 Å². The maximum atomic E-state index is 12.0. The van der Waals surface area contributed by atoms with Crippen molar-refractivity contribution in [3.8, 4) is 0 Å². The van der Waals surface area contributed by atoms with Crippen LogP contribution in [0, 0.1) is 17.3 Å². The summed E-state index contributed by atoms with van der Waals surface area (Å²) in [5.74, 6) is 0.700. The maximum absolute atomic E-state index is 12.0. The molecule has 5 heteroatoms. The quantitative estimate of drug-likeness (QED) is 0.750. The second kappa shape index (κ2) is 6.07. The molecule has 1 rings (SSSR count). The fraction of sp³-hybridized carbons (Fsp3) is 0.846. The van der Waals surface area contributed by atoms with Crippen molar-refractivity contribution in [3.05, 3.63) is 0 Å². The second-order valence-electron chi connectivity index (χ2n) is 6.07. The van der Waals surface area contributed by atoms with Gasteiger partial charge in [0.25, 0.3) is 0 Å². The Hall–Kier alpha value is -1.26. The standard InChI is InChI=1S/C13H24N2O3/c1-9-6-10(8-13(2,3)7-9)11(16)15-4-5-18-12(14)17/h9-10H,4-8H2,1-3H3,(H2,14,17)(H,15,16). The highest BCUT2D eigenvalue weighted by molar-refractivity contribution is 5.78. The summed E-state index contributed by atoms with van der Waals surface area (Å²) < 4.78 is 4.57. The van der Waals surface area contributed by atoms with Gasteiger partial charge in [-0.3, -0.25) is 4.79 Å². The molecule has 1 aliphatic carbocycles. The van der Waals surface area contributed by atoms with E-state index in [2.05, 4.69) is 30.8 Å². The van der Waals surface area contributed by atoms with E-state index in [4.69, 9.17) is 5.73 Å². The van der Waals surface area contributed by atoms with E-state index in [-0.39, 0.29) is 23.8 Å². The molecule has 0 aromatic rings. The van der Waals surface area contributed by atoms with Crippen molar-refractivity contribution < 1.29 is 14.3 Å². The van der Waals surface area contributed by atoms with Crippen LogP contribution in [-0.2, 0) is 9.53 Å². The van der Waals surface area contributed by atoms with E-state index in [1.165, 1.54) is 6.42 Å². The Balaban J connectivity index is 2.34. The zero-order chi connectivity index (χ0) is 13.8. The fourth-order valence-corrected chi connectivity index (χ4v) is 3.02. The normalized spacial score (nSPS) is 26.4. The van der Waals surface area contributed by atoms with E-state index in [1.807, 2.05) is 0 Å². The van der Waals surface area contributed by atoms with Crippen molar-refractivity contribution >= 4 is 12.0 Å². The lowest BCUT2D eigenvalue weighted by atomic mass is 9.68. The Kier molecular flexibility index (Phi) is 4.99. The van der Waals surface area contributed by atoms with Gasteiger partial charge < -0.3 is 15.8 Å². The molecule has 1 saturated carbocycles. The SMILES string of the molecule is CC1CC(C(=O)NCCOC(N)=O)CC(C)(C)C1. The Morgan fingerprint density at radius 3 is 2.61 bits per heavy atom. The second-order valence-corrected chi connectivity index (χ2v) is 6.07. The lowest BCUT2D eigenvalue weighted by molar-refractivity contribution is -0.128. The van der Waals surface area contributed by atoms with Gasteiger partial charge in [0.2, 0.25) is 5.91 Å². The predicted molar refractivity (Wildman–Crippen MR) is 68.8 cm³/mol. The van der Waals surface area contributed by atoms with Crippen molar-refractivity contribution in [1.29, 1.82) is 0 Å². The molecule has 0 aromatic heterocycles. The van der Waals surface area contributed by atoms with Gasteiger partial charge in [-0.15, -0.1) is 0 Å². The van der Waals surface area contributed by atoms with Gasteiger partial charge in [-0.05, 0) is 30.6 Å². The third-order valence-corrected chi connectivity index (χ3v) is 3.40. The summed E-state index contributed by atoms with van der Waals surface area (Å²) in [5, 5.41) is 2.79. The minimum absolute atomic E-state index is 0.0581. The third kappa shape index (κ3) is 4.94.